The van der Waals surface area contributed by atoms with E-state index in [1.165, 1.54) is 17.7 Å². The van der Waals surface area contributed by atoms with Crippen LogP contribution in [0.4, 0.5) is 13.2 Å². The number of piperidine rings is 1. The summed E-state index contributed by atoms with van der Waals surface area (Å²) < 4.78 is 44.0. The smallest absolute Gasteiger partial charge is 0.372 e. The summed E-state index contributed by atoms with van der Waals surface area (Å²) in [5, 5.41) is 0. The van der Waals surface area contributed by atoms with E-state index in [0.29, 0.717) is 19.7 Å². The lowest BCUT2D eigenvalue weighted by Gasteiger charge is -2.33. The number of carbonyl (C=O) groups is 1. The van der Waals surface area contributed by atoms with E-state index in [9.17, 15) is 18.0 Å². The average Bonchev–Trinajstić information content (AvgIpc) is 2.65. The summed E-state index contributed by atoms with van der Waals surface area (Å²) in [4.78, 5) is 14.3. The Morgan fingerprint density at radius 1 is 1.19 bits per heavy atom. The van der Waals surface area contributed by atoms with Gasteiger partial charge in [-0.25, -0.2) is 0 Å². The first kappa shape index (κ1) is 19.4. The molecule has 0 spiro atoms. The van der Waals surface area contributed by atoms with Crippen LogP contribution in [0, 0.1) is 6.92 Å². The van der Waals surface area contributed by atoms with Gasteiger partial charge in [0.2, 0.25) is 0 Å². The topological polar surface area (TPSA) is 29.5 Å². The van der Waals surface area contributed by atoms with Crippen molar-refractivity contribution in [3.05, 3.63) is 70.8 Å². The quantitative estimate of drug-likeness (QED) is 0.763. The Morgan fingerprint density at radius 2 is 1.93 bits per heavy atom. The Morgan fingerprint density at radius 3 is 2.59 bits per heavy atom. The maximum absolute atomic E-state index is 12.7. The molecule has 2 aromatic carbocycles. The SMILES string of the molecule is Cc1cccc(COC2CCCN(C(=O)c3ccc(C(F)(F)F)cc3)C2)c1. The molecule has 0 radical (unpaired) electrons. The maximum atomic E-state index is 12.7. The van der Waals surface area contributed by atoms with Crippen molar-refractivity contribution in [1.82, 2.24) is 4.90 Å². The first-order chi connectivity index (χ1) is 12.8. The highest BCUT2D eigenvalue weighted by Gasteiger charge is 2.31. The Kier molecular flexibility index (Phi) is 5.85. The normalized spacial score (nSPS) is 17.8. The van der Waals surface area contributed by atoms with E-state index >= 15 is 0 Å². The van der Waals surface area contributed by atoms with Gasteiger partial charge >= 0.3 is 6.18 Å². The summed E-state index contributed by atoms with van der Waals surface area (Å²) in [6.07, 6.45) is -2.80. The molecule has 1 aliphatic heterocycles. The van der Waals surface area contributed by atoms with Crippen LogP contribution in [0.1, 0.15) is 39.9 Å². The number of amides is 1. The molecular weight excluding hydrogens is 355 g/mol. The highest BCUT2D eigenvalue weighted by atomic mass is 19.4. The van der Waals surface area contributed by atoms with Gasteiger partial charge in [0.25, 0.3) is 5.91 Å². The minimum absolute atomic E-state index is 0.0716. The molecule has 1 atom stereocenters. The summed E-state index contributed by atoms with van der Waals surface area (Å²) >= 11 is 0. The lowest BCUT2D eigenvalue weighted by Crippen LogP contribution is -2.43. The molecule has 1 aliphatic rings. The van der Waals surface area contributed by atoms with Gasteiger partial charge in [-0.3, -0.25) is 4.79 Å². The Labute approximate surface area is 156 Å². The van der Waals surface area contributed by atoms with E-state index in [1.54, 1.807) is 4.90 Å². The number of ether oxygens (including phenoxy) is 1. The molecule has 0 bridgehead atoms. The number of benzene rings is 2. The second-order valence-electron chi connectivity index (χ2n) is 6.89. The standard InChI is InChI=1S/C21H22F3NO2/c1-15-4-2-5-16(12-15)14-27-19-6-3-11-25(13-19)20(26)17-7-9-18(10-8-17)21(22,23)24/h2,4-5,7-10,12,19H,3,6,11,13-14H2,1H3. The van der Waals surface area contributed by atoms with Gasteiger partial charge in [-0.1, -0.05) is 29.8 Å². The number of nitrogens with zero attached hydrogens (tertiary/aromatic N) is 1. The lowest BCUT2D eigenvalue weighted by atomic mass is 10.1. The monoisotopic (exact) mass is 377 g/mol. The van der Waals surface area contributed by atoms with Crippen LogP contribution in [0.2, 0.25) is 0 Å². The van der Waals surface area contributed by atoms with E-state index in [-0.39, 0.29) is 17.6 Å². The Hall–Kier alpha value is -2.34. The zero-order valence-corrected chi connectivity index (χ0v) is 15.1. The molecule has 144 valence electrons. The molecule has 0 saturated carbocycles. The van der Waals surface area contributed by atoms with Crippen LogP contribution in [0.5, 0.6) is 0 Å². The number of hydrogen-bond donors (Lipinski definition) is 0. The van der Waals surface area contributed by atoms with E-state index in [0.717, 1.165) is 30.5 Å². The summed E-state index contributed by atoms with van der Waals surface area (Å²) in [5.41, 5.74) is 1.76. The van der Waals surface area contributed by atoms with Crippen LogP contribution >= 0.6 is 0 Å². The number of rotatable bonds is 4. The molecule has 3 nitrogen and oxygen atoms in total. The number of alkyl halides is 3. The van der Waals surface area contributed by atoms with E-state index in [2.05, 4.69) is 6.07 Å². The van der Waals surface area contributed by atoms with Gasteiger partial charge in [-0.05, 0) is 49.6 Å². The van der Waals surface area contributed by atoms with Gasteiger partial charge in [0.05, 0.1) is 18.3 Å². The van der Waals surface area contributed by atoms with Gasteiger partial charge < -0.3 is 9.64 Å². The maximum Gasteiger partial charge on any atom is 0.416 e. The third kappa shape index (κ3) is 5.10. The van der Waals surface area contributed by atoms with Crippen molar-refractivity contribution < 1.29 is 22.7 Å². The second-order valence-corrected chi connectivity index (χ2v) is 6.89. The Balaban J connectivity index is 1.59. The number of likely N-dealkylation sites (tertiary alicyclic amines) is 1. The van der Waals surface area contributed by atoms with Crippen LogP contribution < -0.4 is 0 Å². The van der Waals surface area contributed by atoms with Crippen LogP contribution in [0.15, 0.2) is 48.5 Å². The summed E-state index contributed by atoms with van der Waals surface area (Å²) in [6, 6.07) is 12.4. The fraction of sp³-hybridized carbons (Fsp3) is 0.381. The largest absolute Gasteiger partial charge is 0.416 e. The zero-order valence-electron chi connectivity index (χ0n) is 15.1. The molecule has 3 rings (SSSR count). The molecule has 1 heterocycles. The third-order valence-corrected chi connectivity index (χ3v) is 4.69. The zero-order chi connectivity index (χ0) is 19.4. The molecule has 1 amide bonds. The van der Waals surface area contributed by atoms with Gasteiger partial charge in [-0.15, -0.1) is 0 Å². The minimum atomic E-state index is -4.40. The molecule has 0 aromatic heterocycles. The number of aryl methyl sites for hydroxylation is 1. The average molecular weight is 377 g/mol. The van der Waals surface area contributed by atoms with Gasteiger partial charge in [0.1, 0.15) is 0 Å². The molecule has 1 fully saturated rings. The summed E-state index contributed by atoms with van der Waals surface area (Å²) in [6.45, 7) is 3.54. The molecule has 1 unspecified atom stereocenters. The van der Waals surface area contributed by atoms with Gasteiger partial charge in [0.15, 0.2) is 0 Å². The highest BCUT2D eigenvalue weighted by Crippen LogP contribution is 2.29. The van der Waals surface area contributed by atoms with Crippen molar-refractivity contribution in [2.24, 2.45) is 0 Å². The number of carbonyl (C=O) groups excluding carboxylic acids is 1. The van der Waals surface area contributed by atoms with Crippen molar-refractivity contribution in [2.75, 3.05) is 13.1 Å². The third-order valence-electron chi connectivity index (χ3n) is 4.69. The van der Waals surface area contributed by atoms with Crippen LogP contribution in [-0.4, -0.2) is 30.0 Å². The second kappa shape index (κ2) is 8.13. The van der Waals surface area contributed by atoms with Crippen molar-refractivity contribution >= 4 is 5.91 Å². The highest BCUT2D eigenvalue weighted by molar-refractivity contribution is 5.94. The van der Waals surface area contributed by atoms with Crippen molar-refractivity contribution in [2.45, 2.75) is 38.7 Å². The minimum Gasteiger partial charge on any atom is -0.372 e. The molecule has 0 N–H and O–H groups in total. The fourth-order valence-corrected chi connectivity index (χ4v) is 3.26. The van der Waals surface area contributed by atoms with Crippen LogP contribution in [0.25, 0.3) is 0 Å². The van der Waals surface area contributed by atoms with Crippen LogP contribution in [-0.2, 0) is 17.5 Å². The van der Waals surface area contributed by atoms with E-state index < -0.39 is 11.7 Å². The fourth-order valence-electron chi connectivity index (χ4n) is 3.26. The van der Waals surface area contributed by atoms with Crippen LogP contribution in [0.3, 0.4) is 0 Å². The predicted octanol–water partition coefficient (Wildman–Crippen LogP) is 4.84. The Bertz CT molecular complexity index is 787. The van der Waals surface area contributed by atoms with Gasteiger partial charge in [-0.2, -0.15) is 13.2 Å². The number of hydrogen-bond acceptors (Lipinski definition) is 2. The molecule has 6 heteroatoms. The van der Waals surface area contributed by atoms with Crippen molar-refractivity contribution in [3.8, 4) is 0 Å². The number of halogens is 3. The molecule has 27 heavy (non-hydrogen) atoms. The summed E-state index contributed by atoms with van der Waals surface area (Å²) in [5.74, 6) is -0.257. The lowest BCUT2D eigenvalue weighted by molar-refractivity contribution is -0.137. The van der Waals surface area contributed by atoms with Crippen molar-refractivity contribution in [3.63, 3.8) is 0 Å². The van der Waals surface area contributed by atoms with Crippen molar-refractivity contribution in [1.29, 1.82) is 0 Å². The predicted molar refractivity (Wildman–Crippen MR) is 96.3 cm³/mol. The van der Waals surface area contributed by atoms with E-state index in [4.69, 9.17) is 4.74 Å². The van der Waals surface area contributed by atoms with E-state index in [1.807, 2.05) is 25.1 Å². The molecular formula is C21H22F3NO2. The molecule has 1 saturated heterocycles. The summed E-state index contributed by atoms with van der Waals surface area (Å²) in [7, 11) is 0. The van der Waals surface area contributed by atoms with Gasteiger partial charge in [0, 0.05) is 18.7 Å². The molecule has 0 aliphatic carbocycles. The first-order valence-corrected chi connectivity index (χ1v) is 8.96. The first-order valence-electron chi connectivity index (χ1n) is 8.96. The molecule has 2 aromatic rings.